The first-order valence-corrected chi connectivity index (χ1v) is 8.35. The minimum atomic E-state index is -0.0615. The Morgan fingerprint density at radius 1 is 1.52 bits per heavy atom. The Morgan fingerprint density at radius 3 is 2.91 bits per heavy atom. The van der Waals surface area contributed by atoms with Crippen molar-refractivity contribution in [3.05, 3.63) is 35.9 Å². The Balaban J connectivity index is 0.00000264. The van der Waals surface area contributed by atoms with Crippen LogP contribution in [0.2, 0.25) is 5.15 Å². The first-order valence-electron chi connectivity index (χ1n) is 6.82. The van der Waals surface area contributed by atoms with Crippen molar-refractivity contribution in [1.82, 2.24) is 14.8 Å². The molecule has 0 fully saturated rings. The first kappa shape index (κ1) is 19.5. The SMILES string of the molecule is C.CCN(C(=O)CSCCO)c1cn(-c2cccnc2)nc1Cl. The normalized spacial score (nSPS) is 10.2. The summed E-state index contributed by atoms with van der Waals surface area (Å²) in [5, 5.41) is 13.3. The lowest BCUT2D eigenvalue weighted by Crippen LogP contribution is -2.32. The maximum Gasteiger partial charge on any atom is 0.237 e. The smallest absolute Gasteiger partial charge is 0.237 e. The molecule has 0 aliphatic rings. The van der Waals surface area contributed by atoms with E-state index in [-0.39, 0.29) is 25.1 Å². The molecule has 0 aliphatic carbocycles. The van der Waals surface area contributed by atoms with Crippen molar-refractivity contribution < 1.29 is 9.90 Å². The van der Waals surface area contributed by atoms with E-state index in [0.717, 1.165) is 5.69 Å². The van der Waals surface area contributed by atoms with Gasteiger partial charge in [-0.25, -0.2) is 4.68 Å². The van der Waals surface area contributed by atoms with Gasteiger partial charge in [0, 0.05) is 18.5 Å². The van der Waals surface area contributed by atoms with Gasteiger partial charge in [0.25, 0.3) is 0 Å². The molecule has 0 saturated carbocycles. The highest BCUT2D eigenvalue weighted by molar-refractivity contribution is 7.99. The van der Waals surface area contributed by atoms with Crippen LogP contribution in [0.4, 0.5) is 5.69 Å². The van der Waals surface area contributed by atoms with Gasteiger partial charge in [-0.3, -0.25) is 9.78 Å². The van der Waals surface area contributed by atoms with Crippen LogP contribution in [0.5, 0.6) is 0 Å². The summed E-state index contributed by atoms with van der Waals surface area (Å²) in [4.78, 5) is 17.9. The number of nitrogens with zero attached hydrogens (tertiary/aromatic N) is 4. The van der Waals surface area contributed by atoms with Gasteiger partial charge in [-0.15, -0.1) is 11.8 Å². The summed E-state index contributed by atoms with van der Waals surface area (Å²) >= 11 is 7.57. The van der Waals surface area contributed by atoms with E-state index in [1.807, 2.05) is 13.0 Å². The zero-order valence-corrected chi connectivity index (χ0v) is 13.7. The maximum atomic E-state index is 12.3. The summed E-state index contributed by atoms with van der Waals surface area (Å²) in [5.41, 5.74) is 1.34. The second-order valence-corrected chi connectivity index (χ2v) is 5.84. The molecule has 6 nitrogen and oxygen atoms in total. The minimum absolute atomic E-state index is 0. The van der Waals surface area contributed by atoms with E-state index >= 15 is 0 Å². The monoisotopic (exact) mass is 356 g/mol. The van der Waals surface area contributed by atoms with Crippen molar-refractivity contribution in [1.29, 1.82) is 0 Å². The predicted octanol–water partition coefficient (Wildman–Crippen LogP) is 2.64. The lowest BCUT2D eigenvalue weighted by Gasteiger charge is -2.19. The van der Waals surface area contributed by atoms with Gasteiger partial charge in [-0.05, 0) is 19.1 Å². The van der Waals surface area contributed by atoms with E-state index in [9.17, 15) is 4.79 Å². The number of thioether (sulfide) groups is 1. The highest BCUT2D eigenvalue weighted by Gasteiger charge is 2.20. The molecule has 126 valence electrons. The summed E-state index contributed by atoms with van der Waals surface area (Å²) in [6.07, 6.45) is 5.07. The number of amides is 1. The van der Waals surface area contributed by atoms with E-state index in [1.165, 1.54) is 11.8 Å². The number of aliphatic hydroxyl groups is 1. The molecule has 0 saturated heterocycles. The molecular weight excluding hydrogens is 336 g/mol. The zero-order chi connectivity index (χ0) is 15.9. The fraction of sp³-hybridized carbons (Fsp3) is 0.400. The maximum absolute atomic E-state index is 12.3. The molecule has 0 unspecified atom stereocenters. The molecule has 2 aromatic rings. The Labute approximate surface area is 145 Å². The van der Waals surface area contributed by atoms with Crippen LogP contribution in [0.3, 0.4) is 0 Å². The Morgan fingerprint density at radius 2 is 2.30 bits per heavy atom. The standard InChI is InChI=1S/C14H17ClN4O2S.CH4/c1-2-18(13(21)10-22-7-6-20)12-9-19(17-14(12)15)11-4-3-5-16-8-11;/h3-5,8-9,20H,2,6-7,10H2,1H3;1H4. The molecule has 2 aromatic heterocycles. The van der Waals surface area contributed by atoms with Crippen molar-refractivity contribution in [3.63, 3.8) is 0 Å². The van der Waals surface area contributed by atoms with Gasteiger partial charge in [0.15, 0.2) is 5.15 Å². The zero-order valence-electron chi connectivity index (χ0n) is 12.1. The highest BCUT2D eigenvalue weighted by Crippen LogP contribution is 2.26. The molecule has 1 N–H and O–H groups in total. The van der Waals surface area contributed by atoms with E-state index < -0.39 is 0 Å². The summed E-state index contributed by atoms with van der Waals surface area (Å²) in [5.74, 6) is 0.767. The van der Waals surface area contributed by atoms with Crippen molar-refractivity contribution >= 4 is 35.0 Å². The largest absolute Gasteiger partial charge is 0.396 e. The molecule has 1 amide bonds. The number of carbonyl (C=O) groups is 1. The molecule has 0 aromatic carbocycles. The lowest BCUT2D eigenvalue weighted by molar-refractivity contribution is -0.116. The number of rotatable bonds is 7. The fourth-order valence-electron chi connectivity index (χ4n) is 1.93. The Kier molecular flexibility index (Phi) is 8.08. The lowest BCUT2D eigenvalue weighted by atomic mass is 10.4. The molecule has 0 spiro atoms. The first-order chi connectivity index (χ1) is 10.7. The van der Waals surface area contributed by atoms with Crippen molar-refractivity contribution in [2.24, 2.45) is 0 Å². The molecule has 8 heteroatoms. The molecular formula is C15H21ClN4O2S. The average molecular weight is 357 g/mol. The third kappa shape index (κ3) is 4.95. The quantitative estimate of drug-likeness (QED) is 0.772. The number of hydrogen-bond acceptors (Lipinski definition) is 5. The van der Waals surface area contributed by atoms with Crippen molar-refractivity contribution in [3.8, 4) is 5.69 Å². The number of anilines is 1. The van der Waals surface area contributed by atoms with Crippen LogP contribution in [0, 0.1) is 0 Å². The van der Waals surface area contributed by atoms with Crippen molar-refractivity contribution in [2.75, 3.05) is 29.6 Å². The molecule has 0 radical (unpaired) electrons. The van der Waals surface area contributed by atoms with Gasteiger partial charge in [-0.1, -0.05) is 19.0 Å². The van der Waals surface area contributed by atoms with E-state index in [1.54, 1.807) is 34.2 Å². The number of halogens is 1. The molecule has 0 bridgehead atoms. The number of carbonyl (C=O) groups excluding carboxylic acids is 1. The average Bonchev–Trinajstić information content (AvgIpc) is 2.91. The predicted molar refractivity (Wildman–Crippen MR) is 95.5 cm³/mol. The summed E-state index contributed by atoms with van der Waals surface area (Å²) in [7, 11) is 0. The van der Waals surface area contributed by atoms with Gasteiger partial charge in [-0.2, -0.15) is 5.10 Å². The third-order valence-electron chi connectivity index (χ3n) is 2.93. The van der Waals surface area contributed by atoms with E-state index in [0.29, 0.717) is 23.7 Å². The van der Waals surface area contributed by atoms with Gasteiger partial charge < -0.3 is 10.0 Å². The van der Waals surface area contributed by atoms with Crippen molar-refractivity contribution in [2.45, 2.75) is 14.4 Å². The van der Waals surface area contributed by atoms with Crippen LogP contribution in [-0.2, 0) is 4.79 Å². The second kappa shape index (κ2) is 9.54. The second-order valence-electron chi connectivity index (χ2n) is 4.38. The van der Waals surface area contributed by atoms with Gasteiger partial charge >= 0.3 is 0 Å². The minimum Gasteiger partial charge on any atom is -0.396 e. The Bertz CT molecular complexity index is 621. The number of hydrogen-bond donors (Lipinski definition) is 1. The topological polar surface area (TPSA) is 71.2 Å². The van der Waals surface area contributed by atoms with Crippen LogP contribution >= 0.6 is 23.4 Å². The Hall–Kier alpha value is -1.57. The highest BCUT2D eigenvalue weighted by atomic mass is 35.5. The molecule has 0 aliphatic heterocycles. The van der Waals surface area contributed by atoms with Crippen LogP contribution in [0.15, 0.2) is 30.7 Å². The van der Waals surface area contributed by atoms with E-state index in [2.05, 4.69) is 10.1 Å². The summed E-state index contributed by atoms with van der Waals surface area (Å²) in [6.45, 7) is 2.44. The van der Waals surface area contributed by atoms with E-state index in [4.69, 9.17) is 16.7 Å². The molecule has 2 heterocycles. The third-order valence-corrected chi connectivity index (χ3v) is 4.12. The summed E-state index contributed by atoms with van der Waals surface area (Å²) in [6, 6.07) is 3.66. The number of pyridine rings is 1. The molecule has 0 atom stereocenters. The summed E-state index contributed by atoms with van der Waals surface area (Å²) < 4.78 is 1.60. The van der Waals surface area contributed by atoms with Gasteiger partial charge in [0.1, 0.15) is 5.69 Å². The van der Waals surface area contributed by atoms with Crippen LogP contribution in [0.1, 0.15) is 14.4 Å². The van der Waals surface area contributed by atoms with Gasteiger partial charge in [0.2, 0.25) is 5.91 Å². The van der Waals surface area contributed by atoms with Crippen LogP contribution < -0.4 is 4.90 Å². The molecule has 2 rings (SSSR count). The fourth-order valence-corrected chi connectivity index (χ4v) is 2.77. The van der Waals surface area contributed by atoms with Crippen LogP contribution in [0.25, 0.3) is 5.69 Å². The van der Waals surface area contributed by atoms with Crippen LogP contribution in [-0.4, -0.2) is 50.4 Å². The van der Waals surface area contributed by atoms with Gasteiger partial charge in [0.05, 0.1) is 30.4 Å². The molecule has 23 heavy (non-hydrogen) atoms. The number of aliphatic hydroxyl groups excluding tert-OH is 1. The number of aromatic nitrogens is 3.